The Morgan fingerprint density at radius 2 is 1.92 bits per heavy atom. The van der Waals surface area contributed by atoms with Gasteiger partial charge in [0.2, 0.25) is 0 Å². The van der Waals surface area contributed by atoms with Crippen LogP contribution in [0, 0.1) is 13.8 Å². The number of aryl methyl sites for hydroxylation is 2. The Bertz CT molecular complexity index is 820. The number of hydrogen-bond donors (Lipinski definition) is 0. The lowest BCUT2D eigenvalue weighted by molar-refractivity contribution is 0.0958. The lowest BCUT2D eigenvalue weighted by atomic mass is 10.1. The van der Waals surface area contributed by atoms with Crippen molar-refractivity contribution in [1.82, 2.24) is 9.88 Å². The van der Waals surface area contributed by atoms with E-state index in [-0.39, 0.29) is 18.3 Å². The number of carbonyl (C=O) groups excluding carboxylic acids is 1. The Balaban J connectivity index is 0.00000225. The van der Waals surface area contributed by atoms with Crippen LogP contribution in [0.3, 0.4) is 0 Å². The third kappa shape index (κ3) is 4.21. The van der Waals surface area contributed by atoms with Crippen molar-refractivity contribution >= 4 is 45.0 Å². The fourth-order valence-electron chi connectivity index (χ4n) is 2.40. The molecule has 1 aromatic carbocycles. The molecule has 3 aromatic rings. The van der Waals surface area contributed by atoms with E-state index in [1.807, 2.05) is 19.0 Å². The number of hydrogen-bond acceptors (Lipinski definition) is 5. The van der Waals surface area contributed by atoms with E-state index in [1.54, 1.807) is 17.0 Å². The van der Waals surface area contributed by atoms with Gasteiger partial charge in [-0.15, -0.1) is 12.4 Å². The Morgan fingerprint density at radius 1 is 1.20 bits per heavy atom. The number of fused-ring (bicyclic) bond motifs is 1. The molecule has 0 fully saturated rings. The summed E-state index contributed by atoms with van der Waals surface area (Å²) in [5.74, 6) is 0.176. The largest absolute Gasteiger partial charge is 0.459 e. The SMILES string of the molecule is Cc1cc2nc(N(CCN(C)C)C(=O)c3ccco3)sc2cc1C.Cl. The van der Waals surface area contributed by atoms with E-state index >= 15 is 0 Å². The lowest BCUT2D eigenvalue weighted by Gasteiger charge is -2.20. The van der Waals surface area contributed by atoms with Crippen LogP contribution in [0.2, 0.25) is 0 Å². The number of carbonyl (C=O) groups is 1. The monoisotopic (exact) mass is 379 g/mol. The second kappa shape index (κ2) is 7.99. The van der Waals surface area contributed by atoms with Crippen LogP contribution in [0.25, 0.3) is 10.2 Å². The van der Waals surface area contributed by atoms with Crippen LogP contribution in [0.4, 0.5) is 5.13 Å². The maximum Gasteiger partial charge on any atom is 0.295 e. The van der Waals surface area contributed by atoms with E-state index < -0.39 is 0 Å². The highest BCUT2D eigenvalue weighted by Gasteiger charge is 2.23. The second-order valence-corrected chi connectivity index (χ2v) is 7.15. The van der Waals surface area contributed by atoms with Crippen LogP contribution >= 0.6 is 23.7 Å². The molecule has 0 unspecified atom stereocenters. The quantitative estimate of drug-likeness (QED) is 0.668. The summed E-state index contributed by atoms with van der Waals surface area (Å²) in [4.78, 5) is 21.2. The Labute approximate surface area is 157 Å². The zero-order valence-electron chi connectivity index (χ0n) is 14.8. The van der Waals surface area contributed by atoms with Crippen molar-refractivity contribution in [1.29, 1.82) is 0 Å². The van der Waals surface area contributed by atoms with Gasteiger partial charge in [-0.1, -0.05) is 11.3 Å². The van der Waals surface area contributed by atoms with Gasteiger partial charge in [-0.05, 0) is 63.3 Å². The van der Waals surface area contributed by atoms with Crippen molar-refractivity contribution in [2.45, 2.75) is 13.8 Å². The Kier molecular flexibility index (Phi) is 6.21. The molecule has 0 bridgehead atoms. The number of halogens is 1. The van der Waals surface area contributed by atoms with E-state index in [1.165, 1.54) is 28.7 Å². The molecule has 1 amide bonds. The molecule has 0 aliphatic rings. The second-order valence-electron chi connectivity index (χ2n) is 6.14. The maximum atomic E-state index is 12.8. The van der Waals surface area contributed by atoms with E-state index in [9.17, 15) is 4.79 Å². The van der Waals surface area contributed by atoms with E-state index in [4.69, 9.17) is 4.42 Å². The standard InChI is InChI=1S/C18H21N3O2S.ClH/c1-12-10-14-16(11-13(12)2)24-18(19-14)21(8-7-20(3)4)17(22)15-6-5-9-23-15;/h5-6,9-11H,7-8H2,1-4H3;1H. The van der Waals surface area contributed by atoms with Crippen LogP contribution in [0.1, 0.15) is 21.7 Å². The first-order valence-electron chi connectivity index (χ1n) is 7.83. The van der Waals surface area contributed by atoms with E-state index in [0.29, 0.717) is 17.4 Å². The molecule has 134 valence electrons. The molecule has 2 heterocycles. The molecule has 3 rings (SSSR count). The summed E-state index contributed by atoms with van der Waals surface area (Å²) in [6.45, 7) is 5.47. The third-order valence-corrected chi connectivity index (χ3v) is 5.01. The highest BCUT2D eigenvalue weighted by atomic mass is 35.5. The van der Waals surface area contributed by atoms with Crippen molar-refractivity contribution in [3.05, 3.63) is 47.4 Å². The van der Waals surface area contributed by atoms with Crippen molar-refractivity contribution < 1.29 is 9.21 Å². The molecule has 25 heavy (non-hydrogen) atoms. The topological polar surface area (TPSA) is 49.6 Å². The fraction of sp³-hybridized carbons (Fsp3) is 0.333. The van der Waals surface area contributed by atoms with Crippen molar-refractivity contribution in [2.24, 2.45) is 0 Å². The molecule has 0 spiro atoms. The van der Waals surface area contributed by atoms with E-state index in [0.717, 1.165) is 16.8 Å². The van der Waals surface area contributed by atoms with Gasteiger partial charge in [0.1, 0.15) is 0 Å². The summed E-state index contributed by atoms with van der Waals surface area (Å²) >= 11 is 1.54. The van der Waals surface area contributed by atoms with Gasteiger partial charge in [0.25, 0.3) is 5.91 Å². The lowest BCUT2D eigenvalue weighted by Crippen LogP contribution is -2.36. The van der Waals surface area contributed by atoms with Gasteiger partial charge in [-0.2, -0.15) is 0 Å². The number of furan rings is 1. The van der Waals surface area contributed by atoms with Gasteiger partial charge < -0.3 is 9.32 Å². The summed E-state index contributed by atoms with van der Waals surface area (Å²) in [7, 11) is 3.97. The van der Waals surface area contributed by atoms with Gasteiger partial charge in [-0.25, -0.2) is 4.98 Å². The number of likely N-dealkylation sites (N-methyl/N-ethyl adjacent to an activating group) is 1. The Morgan fingerprint density at radius 3 is 2.56 bits per heavy atom. The summed E-state index contributed by atoms with van der Waals surface area (Å²) in [5.41, 5.74) is 3.37. The van der Waals surface area contributed by atoms with Crippen molar-refractivity contribution in [3.8, 4) is 0 Å². The van der Waals surface area contributed by atoms with Gasteiger partial charge >= 0.3 is 0 Å². The predicted octanol–water partition coefficient (Wildman–Crippen LogP) is 4.14. The first-order chi connectivity index (χ1) is 11.5. The number of thiazole rings is 1. The molecule has 5 nitrogen and oxygen atoms in total. The molecule has 0 saturated carbocycles. The van der Waals surface area contributed by atoms with Crippen LogP contribution in [-0.2, 0) is 0 Å². The highest BCUT2D eigenvalue weighted by molar-refractivity contribution is 7.22. The van der Waals surface area contributed by atoms with Gasteiger partial charge in [-0.3, -0.25) is 9.69 Å². The maximum absolute atomic E-state index is 12.8. The third-order valence-electron chi connectivity index (χ3n) is 3.97. The zero-order valence-corrected chi connectivity index (χ0v) is 16.4. The minimum atomic E-state index is -0.158. The first kappa shape index (κ1) is 19.4. The number of amides is 1. The van der Waals surface area contributed by atoms with Crippen molar-refractivity contribution in [2.75, 3.05) is 32.1 Å². The van der Waals surface area contributed by atoms with Crippen LogP contribution in [0.5, 0.6) is 0 Å². The van der Waals surface area contributed by atoms with Crippen LogP contribution in [0.15, 0.2) is 34.9 Å². The fourth-order valence-corrected chi connectivity index (χ4v) is 3.47. The number of nitrogens with zero attached hydrogens (tertiary/aromatic N) is 3. The Hall–Kier alpha value is -1.89. The molecule has 0 N–H and O–H groups in total. The molecule has 0 aliphatic carbocycles. The number of aromatic nitrogens is 1. The molecule has 0 aliphatic heterocycles. The minimum Gasteiger partial charge on any atom is -0.459 e. The zero-order chi connectivity index (χ0) is 17.3. The number of anilines is 1. The summed E-state index contributed by atoms with van der Waals surface area (Å²) in [6.07, 6.45) is 1.52. The summed E-state index contributed by atoms with van der Waals surface area (Å²) in [5, 5.41) is 0.707. The molecule has 2 aromatic heterocycles. The van der Waals surface area contributed by atoms with Gasteiger partial charge in [0.05, 0.1) is 16.5 Å². The molecular formula is C18H22ClN3O2S. The van der Waals surface area contributed by atoms with Crippen molar-refractivity contribution in [3.63, 3.8) is 0 Å². The first-order valence-corrected chi connectivity index (χ1v) is 8.65. The minimum absolute atomic E-state index is 0. The number of rotatable bonds is 5. The number of benzene rings is 1. The van der Waals surface area contributed by atoms with E-state index in [2.05, 4.69) is 31.0 Å². The molecule has 0 atom stereocenters. The molecule has 7 heteroatoms. The molecule has 0 saturated heterocycles. The van der Waals surface area contributed by atoms with Crippen LogP contribution < -0.4 is 4.90 Å². The molecule has 0 radical (unpaired) electrons. The van der Waals surface area contributed by atoms with Gasteiger partial charge in [0.15, 0.2) is 10.9 Å². The molecular weight excluding hydrogens is 358 g/mol. The van der Waals surface area contributed by atoms with Gasteiger partial charge in [0, 0.05) is 13.1 Å². The normalized spacial score (nSPS) is 10.9. The predicted molar refractivity (Wildman–Crippen MR) is 105 cm³/mol. The summed E-state index contributed by atoms with van der Waals surface area (Å²) < 4.78 is 6.38. The average Bonchev–Trinajstić information content (AvgIpc) is 3.17. The summed E-state index contributed by atoms with van der Waals surface area (Å²) in [6, 6.07) is 7.62. The highest BCUT2D eigenvalue weighted by Crippen LogP contribution is 2.31. The van der Waals surface area contributed by atoms with Crippen LogP contribution in [-0.4, -0.2) is 43.0 Å². The average molecular weight is 380 g/mol. The smallest absolute Gasteiger partial charge is 0.295 e.